The van der Waals surface area contributed by atoms with E-state index in [0.29, 0.717) is 17.6 Å². The van der Waals surface area contributed by atoms with E-state index in [1.165, 1.54) is 7.11 Å². The number of carbonyl (C=O) groups excluding carboxylic acids is 1. The standard InChI is InChI=1S/C12H14F2O2/c1-11(2)4-7-5-12(13,14)6-8(16-3)9(7)10(11)15/h6H,4-5H2,1-3H3. The molecule has 0 saturated carbocycles. The van der Waals surface area contributed by atoms with Gasteiger partial charge in [-0.15, -0.1) is 0 Å². The zero-order valence-electron chi connectivity index (χ0n) is 9.56. The van der Waals surface area contributed by atoms with E-state index in [4.69, 9.17) is 4.74 Å². The Bertz CT molecular complexity index is 413. The molecule has 0 aromatic carbocycles. The molecule has 0 unspecified atom stereocenters. The quantitative estimate of drug-likeness (QED) is 0.689. The van der Waals surface area contributed by atoms with Crippen LogP contribution >= 0.6 is 0 Å². The van der Waals surface area contributed by atoms with Crippen LogP contribution in [-0.4, -0.2) is 18.8 Å². The Morgan fingerprint density at radius 3 is 2.50 bits per heavy atom. The Morgan fingerprint density at radius 2 is 1.94 bits per heavy atom. The molecule has 16 heavy (non-hydrogen) atoms. The summed E-state index contributed by atoms with van der Waals surface area (Å²) in [6, 6.07) is 0. The summed E-state index contributed by atoms with van der Waals surface area (Å²) in [5.74, 6) is -2.96. The second-order valence-corrected chi connectivity index (χ2v) is 5.02. The summed E-state index contributed by atoms with van der Waals surface area (Å²) >= 11 is 0. The molecule has 0 N–H and O–H groups in total. The van der Waals surface area contributed by atoms with Crippen LogP contribution in [0.4, 0.5) is 8.78 Å². The Labute approximate surface area is 93.0 Å². The van der Waals surface area contributed by atoms with Crippen molar-refractivity contribution >= 4 is 5.78 Å². The molecule has 2 aliphatic rings. The lowest BCUT2D eigenvalue weighted by Crippen LogP contribution is -2.22. The number of allylic oxidation sites excluding steroid dienone is 3. The molecule has 0 radical (unpaired) electrons. The normalized spacial score (nSPS) is 26.6. The van der Waals surface area contributed by atoms with E-state index in [1.807, 2.05) is 0 Å². The second-order valence-electron chi connectivity index (χ2n) is 5.02. The van der Waals surface area contributed by atoms with Gasteiger partial charge in [-0.3, -0.25) is 4.79 Å². The minimum atomic E-state index is -2.90. The maximum atomic E-state index is 13.4. The van der Waals surface area contributed by atoms with Gasteiger partial charge in [0, 0.05) is 17.9 Å². The molecule has 0 bridgehead atoms. The molecule has 0 aliphatic heterocycles. The van der Waals surface area contributed by atoms with Gasteiger partial charge >= 0.3 is 0 Å². The highest BCUT2D eigenvalue weighted by Gasteiger charge is 2.47. The molecule has 0 heterocycles. The average Bonchev–Trinajstić information content (AvgIpc) is 2.34. The van der Waals surface area contributed by atoms with Crippen molar-refractivity contribution in [3.63, 3.8) is 0 Å². The van der Waals surface area contributed by atoms with E-state index in [1.54, 1.807) is 13.8 Å². The average molecular weight is 228 g/mol. The van der Waals surface area contributed by atoms with Gasteiger partial charge in [0.15, 0.2) is 5.78 Å². The van der Waals surface area contributed by atoms with Crippen LogP contribution < -0.4 is 0 Å². The highest BCUT2D eigenvalue weighted by atomic mass is 19.3. The molecule has 2 rings (SSSR count). The van der Waals surface area contributed by atoms with Gasteiger partial charge in [0.2, 0.25) is 0 Å². The van der Waals surface area contributed by atoms with Gasteiger partial charge in [-0.25, -0.2) is 8.78 Å². The SMILES string of the molecule is COC1=CC(F)(F)CC2=C1C(=O)C(C)(C)C2. The number of hydrogen-bond donors (Lipinski definition) is 0. The minimum Gasteiger partial charge on any atom is -0.496 e. The number of hydrogen-bond acceptors (Lipinski definition) is 2. The fourth-order valence-corrected chi connectivity index (χ4v) is 2.40. The van der Waals surface area contributed by atoms with Gasteiger partial charge in [-0.2, -0.15) is 0 Å². The molecule has 0 spiro atoms. The van der Waals surface area contributed by atoms with Crippen molar-refractivity contribution in [1.29, 1.82) is 0 Å². The van der Waals surface area contributed by atoms with Crippen molar-refractivity contribution in [2.75, 3.05) is 7.11 Å². The Morgan fingerprint density at radius 1 is 1.31 bits per heavy atom. The fourth-order valence-electron chi connectivity index (χ4n) is 2.40. The number of methoxy groups -OCH3 is 1. The van der Waals surface area contributed by atoms with Crippen LogP contribution in [0.25, 0.3) is 0 Å². The number of carbonyl (C=O) groups is 1. The lowest BCUT2D eigenvalue weighted by molar-refractivity contribution is -0.122. The summed E-state index contributed by atoms with van der Waals surface area (Å²) in [5.41, 5.74) is 0.320. The Hall–Kier alpha value is -1.19. The van der Waals surface area contributed by atoms with E-state index in [2.05, 4.69) is 0 Å². The summed E-state index contributed by atoms with van der Waals surface area (Å²) in [4.78, 5) is 12.0. The van der Waals surface area contributed by atoms with Crippen LogP contribution in [0.1, 0.15) is 26.7 Å². The number of halogens is 2. The van der Waals surface area contributed by atoms with Gasteiger partial charge in [-0.1, -0.05) is 13.8 Å². The van der Waals surface area contributed by atoms with Crippen LogP contribution in [0.15, 0.2) is 23.0 Å². The van der Waals surface area contributed by atoms with Gasteiger partial charge in [-0.05, 0) is 12.0 Å². The van der Waals surface area contributed by atoms with Crippen molar-refractivity contribution in [3.05, 3.63) is 23.0 Å². The topological polar surface area (TPSA) is 26.3 Å². The summed E-state index contributed by atoms with van der Waals surface area (Å²) < 4.78 is 31.6. The van der Waals surface area contributed by atoms with Crippen molar-refractivity contribution < 1.29 is 18.3 Å². The van der Waals surface area contributed by atoms with E-state index in [-0.39, 0.29) is 18.0 Å². The van der Waals surface area contributed by atoms with Crippen LogP contribution in [0.3, 0.4) is 0 Å². The number of alkyl halides is 2. The summed E-state index contributed by atoms with van der Waals surface area (Å²) in [6.07, 6.45) is 0.799. The summed E-state index contributed by atoms with van der Waals surface area (Å²) in [5, 5.41) is 0. The largest absolute Gasteiger partial charge is 0.496 e. The van der Waals surface area contributed by atoms with Crippen molar-refractivity contribution in [1.82, 2.24) is 0 Å². The zero-order chi connectivity index (χ0) is 12.1. The molecule has 88 valence electrons. The van der Waals surface area contributed by atoms with E-state index in [0.717, 1.165) is 6.08 Å². The van der Waals surface area contributed by atoms with Crippen LogP contribution in [0.2, 0.25) is 0 Å². The molecule has 4 heteroatoms. The molecule has 2 nitrogen and oxygen atoms in total. The first-order valence-corrected chi connectivity index (χ1v) is 5.19. The molecule has 0 saturated heterocycles. The predicted molar refractivity (Wildman–Crippen MR) is 55.1 cm³/mol. The third-order valence-electron chi connectivity index (χ3n) is 3.11. The van der Waals surface area contributed by atoms with E-state index < -0.39 is 11.3 Å². The van der Waals surface area contributed by atoms with E-state index >= 15 is 0 Å². The summed E-state index contributed by atoms with van der Waals surface area (Å²) in [6.45, 7) is 3.55. The van der Waals surface area contributed by atoms with Gasteiger partial charge < -0.3 is 4.74 Å². The molecular weight excluding hydrogens is 214 g/mol. The first-order chi connectivity index (χ1) is 7.27. The molecule has 0 aromatic rings. The smallest absolute Gasteiger partial charge is 0.274 e. The van der Waals surface area contributed by atoms with Crippen LogP contribution in [0, 0.1) is 5.41 Å². The zero-order valence-corrected chi connectivity index (χ0v) is 9.56. The maximum absolute atomic E-state index is 13.4. The van der Waals surface area contributed by atoms with Crippen LogP contribution in [0.5, 0.6) is 0 Å². The lowest BCUT2D eigenvalue weighted by Gasteiger charge is -2.21. The fraction of sp³-hybridized carbons (Fsp3) is 0.583. The molecule has 0 aromatic heterocycles. The second kappa shape index (κ2) is 3.15. The highest BCUT2D eigenvalue weighted by molar-refractivity contribution is 6.06. The van der Waals surface area contributed by atoms with Gasteiger partial charge in [0.1, 0.15) is 5.76 Å². The van der Waals surface area contributed by atoms with Gasteiger partial charge in [0.25, 0.3) is 5.92 Å². The van der Waals surface area contributed by atoms with Crippen molar-refractivity contribution in [2.45, 2.75) is 32.6 Å². The van der Waals surface area contributed by atoms with E-state index in [9.17, 15) is 13.6 Å². The predicted octanol–water partition coefficient (Wildman–Crippen LogP) is 2.85. The number of rotatable bonds is 1. The van der Waals surface area contributed by atoms with Crippen molar-refractivity contribution in [3.8, 4) is 0 Å². The minimum absolute atomic E-state index is 0.0295. The monoisotopic (exact) mass is 228 g/mol. The maximum Gasteiger partial charge on any atom is 0.274 e. The molecule has 0 atom stereocenters. The lowest BCUT2D eigenvalue weighted by atomic mass is 9.87. The Kier molecular flexibility index (Phi) is 2.23. The number of ketones is 1. The third-order valence-corrected chi connectivity index (χ3v) is 3.11. The Balaban J connectivity index is 2.47. The van der Waals surface area contributed by atoms with Crippen LogP contribution in [-0.2, 0) is 9.53 Å². The molecular formula is C12H14F2O2. The highest BCUT2D eigenvalue weighted by Crippen LogP contribution is 2.48. The molecule has 0 amide bonds. The third kappa shape index (κ3) is 1.56. The molecule has 0 fully saturated rings. The number of Topliss-reactive ketones (excluding diaryl/α,β-unsaturated/α-hetero) is 1. The van der Waals surface area contributed by atoms with Crippen molar-refractivity contribution in [2.24, 2.45) is 5.41 Å². The van der Waals surface area contributed by atoms with Gasteiger partial charge in [0.05, 0.1) is 12.7 Å². The molecule has 2 aliphatic carbocycles. The number of ether oxygens (including phenoxy) is 1. The first-order valence-electron chi connectivity index (χ1n) is 5.19. The first kappa shape index (κ1) is 11.3. The summed E-state index contributed by atoms with van der Waals surface area (Å²) in [7, 11) is 1.32.